The van der Waals surface area contributed by atoms with Crippen molar-refractivity contribution in [1.82, 2.24) is 29.5 Å². The van der Waals surface area contributed by atoms with Gasteiger partial charge >= 0.3 is 0 Å². The Morgan fingerprint density at radius 1 is 0.897 bits per heavy atom. The molecule has 2 aliphatic rings. The first-order chi connectivity index (χ1) is 19.1. The molecule has 39 heavy (non-hydrogen) atoms. The summed E-state index contributed by atoms with van der Waals surface area (Å²) in [6.45, 7) is 4.69. The van der Waals surface area contributed by atoms with Gasteiger partial charge in [-0.05, 0) is 57.0 Å². The highest BCUT2D eigenvalue weighted by Crippen LogP contribution is 2.38. The highest BCUT2D eigenvalue weighted by Gasteiger charge is 2.30. The number of oxazole rings is 1. The largest absolute Gasteiger partial charge is 0.423 e. The van der Waals surface area contributed by atoms with Gasteiger partial charge in [0.15, 0.2) is 5.58 Å². The van der Waals surface area contributed by atoms with Gasteiger partial charge in [-0.15, -0.1) is 0 Å². The fraction of sp³-hybridized carbons (Fsp3) is 0.367. The van der Waals surface area contributed by atoms with Crippen molar-refractivity contribution in [3.8, 4) is 11.3 Å². The number of benzene rings is 2. The Balaban J connectivity index is 1.12. The number of nitrogens with one attached hydrogen (secondary N) is 1. The molecule has 200 valence electrons. The third kappa shape index (κ3) is 4.62. The second kappa shape index (κ2) is 9.98. The van der Waals surface area contributed by atoms with Crippen molar-refractivity contribution in [2.45, 2.75) is 37.8 Å². The first-order valence-electron chi connectivity index (χ1n) is 13.9. The lowest BCUT2D eigenvalue weighted by molar-refractivity contribution is 0.0816. The average Bonchev–Trinajstić information content (AvgIpc) is 3.56. The Bertz CT molecular complexity index is 1560. The maximum Gasteiger partial charge on any atom is 0.300 e. The third-order valence-corrected chi connectivity index (χ3v) is 8.42. The van der Waals surface area contributed by atoms with E-state index in [9.17, 15) is 0 Å². The minimum absolute atomic E-state index is 0.355. The molecule has 9 heteroatoms. The van der Waals surface area contributed by atoms with Crippen molar-refractivity contribution in [3.63, 3.8) is 0 Å². The molecule has 0 unspecified atom stereocenters. The lowest BCUT2D eigenvalue weighted by Gasteiger charge is -2.41. The number of hydrogen-bond donors (Lipinski definition) is 2. The molecule has 1 saturated heterocycles. The molecule has 5 aromatic rings. The van der Waals surface area contributed by atoms with Crippen LogP contribution in [-0.2, 0) is 0 Å². The minimum atomic E-state index is 0.355. The average molecular weight is 523 g/mol. The molecule has 1 aliphatic heterocycles. The van der Waals surface area contributed by atoms with Crippen LogP contribution in [0.2, 0.25) is 0 Å². The second-order valence-electron chi connectivity index (χ2n) is 10.9. The van der Waals surface area contributed by atoms with Crippen LogP contribution in [0.25, 0.3) is 33.3 Å². The molecule has 0 bridgehead atoms. The smallest absolute Gasteiger partial charge is 0.300 e. The zero-order chi connectivity index (χ0) is 26.3. The van der Waals surface area contributed by atoms with Gasteiger partial charge in [0.05, 0.1) is 35.0 Å². The van der Waals surface area contributed by atoms with Crippen LogP contribution in [0.3, 0.4) is 0 Å². The third-order valence-electron chi connectivity index (χ3n) is 8.42. The Labute approximate surface area is 227 Å². The number of nitrogen functional groups attached to an aromatic ring is 1. The first kappa shape index (κ1) is 24.1. The molecule has 0 atom stereocenters. The number of likely N-dealkylation sites (N-methyl/N-ethyl adjacent to an activating group) is 1. The zero-order valence-corrected chi connectivity index (χ0v) is 22.3. The Morgan fingerprint density at radius 3 is 2.41 bits per heavy atom. The second-order valence-corrected chi connectivity index (χ2v) is 10.9. The van der Waals surface area contributed by atoms with Crippen molar-refractivity contribution < 1.29 is 4.42 Å². The summed E-state index contributed by atoms with van der Waals surface area (Å²) < 4.78 is 8.01. The molecule has 1 aliphatic carbocycles. The van der Waals surface area contributed by atoms with Gasteiger partial charge in [0.25, 0.3) is 6.01 Å². The van der Waals surface area contributed by atoms with Gasteiger partial charge < -0.3 is 20.4 Å². The van der Waals surface area contributed by atoms with E-state index in [1.807, 2.05) is 42.6 Å². The van der Waals surface area contributed by atoms with Crippen LogP contribution < -0.4 is 11.1 Å². The number of para-hydroxylation sites is 2. The van der Waals surface area contributed by atoms with Gasteiger partial charge in [-0.2, -0.15) is 10.1 Å². The summed E-state index contributed by atoms with van der Waals surface area (Å²) in [6.07, 6.45) is 8.29. The predicted molar refractivity (Wildman–Crippen MR) is 155 cm³/mol. The fourth-order valence-corrected chi connectivity index (χ4v) is 6.20. The van der Waals surface area contributed by atoms with E-state index in [0.717, 1.165) is 51.8 Å². The molecule has 4 heterocycles. The summed E-state index contributed by atoms with van der Waals surface area (Å²) in [7, 11) is 2.22. The van der Waals surface area contributed by atoms with Crippen molar-refractivity contribution in [2.75, 3.05) is 44.3 Å². The maximum atomic E-state index is 6.48. The number of nitrogens with zero attached hydrogens (tertiary/aromatic N) is 6. The molecule has 0 spiro atoms. The molecule has 2 fully saturated rings. The molecule has 1 saturated carbocycles. The molecule has 7 rings (SSSR count). The van der Waals surface area contributed by atoms with Gasteiger partial charge in [-0.1, -0.05) is 24.3 Å². The van der Waals surface area contributed by atoms with Gasteiger partial charge in [0.1, 0.15) is 11.2 Å². The minimum Gasteiger partial charge on any atom is -0.423 e. The van der Waals surface area contributed by atoms with Crippen LogP contribution in [0.5, 0.6) is 0 Å². The van der Waals surface area contributed by atoms with Crippen molar-refractivity contribution in [3.05, 3.63) is 60.9 Å². The molecule has 0 amide bonds. The first-order valence-corrected chi connectivity index (χ1v) is 13.9. The highest BCUT2D eigenvalue weighted by molar-refractivity contribution is 6.01. The zero-order valence-electron chi connectivity index (χ0n) is 22.3. The number of pyridine rings is 1. The standard InChI is InChI=1S/C30H34N8O/c1-36-14-16-37(17-15-36)22-10-12-23(13-11-22)38-26-19-32-18-24(31)28(26)29(35-38)20-6-8-21(9-7-20)33-30-34-25-4-2-3-5-27(25)39-30/h2-9,18-19,22-23H,10-17,31H2,1H3,(H,33,34). The molecule has 0 radical (unpaired) electrons. The Kier molecular flexibility index (Phi) is 6.17. The quantitative estimate of drug-likeness (QED) is 0.321. The van der Waals surface area contributed by atoms with Gasteiger partial charge in [0, 0.05) is 43.5 Å². The molecular formula is C30H34N8O. The van der Waals surface area contributed by atoms with Gasteiger partial charge in [-0.25, -0.2) is 0 Å². The number of fused-ring (bicyclic) bond motifs is 2. The summed E-state index contributed by atoms with van der Waals surface area (Å²) >= 11 is 0. The molecule has 2 aromatic carbocycles. The van der Waals surface area contributed by atoms with E-state index in [1.54, 1.807) is 6.20 Å². The summed E-state index contributed by atoms with van der Waals surface area (Å²) in [4.78, 5) is 14.1. The van der Waals surface area contributed by atoms with E-state index in [0.29, 0.717) is 23.8 Å². The topological polar surface area (TPSA) is 101 Å². The van der Waals surface area contributed by atoms with E-state index >= 15 is 0 Å². The van der Waals surface area contributed by atoms with E-state index in [2.05, 4.69) is 48.9 Å². The summed E-state index contributed by atoms with van der Waals surface area (Å²) in [5.74, 6) is 0. The Morgan fingerprint density at radius 2 is 1.64 bits per heavy atom. The molecule has 3 aromatic heterocycles. The van der Waals surface area contributed by atoms with E-state index in [-0.39, 0.29) is 0 Å². The fourth-order valence-electron chi connectivity index (χ4n) is 6.20. The number of nitrogens with two attached hydrogens (primary N) is 1. The van der Waals surface area contributed by atoms with E-state index in [4.69, 9.17) is 15.2 Å². The summed E-state index contributed by atoms with van der Waals surface area (Å²) in [5.41, 5.74) is 12.6. The number of hydrogen-bond acceptors (Lipinski definition) is 8. The van der Waals surface area contributed by atoms with Gasteiger partial charge in [-0.3, -0.25) is 14.6 Å². The predicted octanol–water partition coefficient (Wildman–Crippen LogP) is 5.30. The van der Waals surface area contributed by atoms with Crippen LogP contribution in [0.15, 0.2) is 65.3 Å². The Hall–Kier alpha value is -3.95. The number of anilines is 3. The number of rotatable bonds is 5. The van der Waals surface area contributed by atoms with Crippen LogP contribution in [-0.4, -0.2) is 68.8 Å². The number of aromatic nitrogens is 4. The lowest BCUT2D eigenvalue weighted by atomic mass is 9.89. The van der Waals surface area contributed by atoms with Crippen LogP contribution in [0.1, 0.15) is 31.7 Å². The van der Waals surface area contributed by atoms with Crippen molar-refractivity contribution in [1.29, 1.82) is 0 Å². The molecular weight excluding hydrogens is 488 g/mol. The van der Waals surface area contributed by atoms with E-state index < -0.39 is 0 Å². The van der Waals surface area contributed by atoms with Crippen LogP contribution in [0.4, 0.5) is 17.4 Å². The summed E-state index contributed by atoms with van der Waals surface area (Å²) in [6, 6.07) is 17.4. The molecule has 9 nitrogen and oxygen atoms in total. The SMILES string of the molecule is CN1CCN(C2CCC(n3nc(-c4ccc(Nc5nc6ccccc6o5)cc4)c4c(N)cncc43)CC2)CC1. The molecule has 3 N–H and O–H groups in total. The van der Waals surface area contributed by atoms with Crippen molar-refractivity contribution >= 4 is 39.4 Å². The maximum absolute atomic E-state index is 6.48. The monoisotopic (exact) mass is 522 g/mol. The number of piperazine rings is 1. The lowest BCUT2D eigenvalue weighted by Crippen LogP contribution is -2.49. The summed E-state index contributed by atoms with van der Waals surface area (Å²) in [5, 5.41) is 9.40. The normalized spacial score (nSPS) is 21.1. The highest BCUT2D eigenvalue weighted by atomic mass is 16.4. The van der Waals surface area contributed by atoms with Crippen LogP contribution in [0, 0.1) is 0 Å². The van der Waals surface area contributed by atoms with E-state index in [1.165, 1.54) is 39.0 Å². The van der Waals surface area contributed by atoms with Gasteiger partial charge in [0.2, 0.25) is 0 Å². The van der Waals surface area contributed by atoms with Crippen molar-refractivity contribution in [2.24, 2.45) is 0 Å². The van der Waals surface area contributed by atoms with Crippen LogP contribution >= 0.6 is 0 Å².